The molecule has 37 heavy (non-hydrogen) atoms. The van der Waals surface area contributed by atoms with Gasteiger partial charge in [-0.25, -0.2) is 15.0 Å². The second kappa shape index (κ2) is 15.9. The summed E-state index contributed by atoms with van der Waals surface area (Å²) in [6, 6.07) is 0. The minimum atomic E-state index is -1.27. The molecular formula is C28H45N5O4. The predicted octanol–water partition coefficient (Wildman–Crippen LogP) is 4.24. The molecule has 2 aromatic rings. The summed E-state index contributed by atoms with van der Waals surface area (Å²) in [7, 11) is 0. The highest BCUT2D eigenvalue weighted by Gasteiger charge is 2.44. The SMILES string of the molecule is CCCCCCCCCCCCCCCCC#Cc1nc2c(N)ncnc2n1[C@@H]1O[C@H](CO)[C@@H](O)[C@H]1O. The van der Waals surface area contributed by atoms with Gasteiger partial charge in [-0.2, -0.15) is 0 Å². The van der Waals surface area contributed by atoms with Crippen molar-refractivity contribution in [1.29, 1.82) is 0 Å². The summed E-state index contributed by atoms with van der Waals surface area (Å²) < 4.78 is 7.24. The Labute approximate surface area is 220 Å². The van der Waals surface area contributed by atoms with Crippen LogP contribution in [0.4, 0.5) is 5.82 Å². The van der Waals surface area contributed by atoms with E-state index in [1.165, 1.54) is 87.9 Å². The fraction of sp³-hybridized carbons (Fsp3) is 0.750. The molecule has 9 nitrogen and oxygen atoms in total. The first-order valence-electron chi connectivity index (χ1n) is 14.2. The molecule has 0 spiro atoms. The van der Waals surface area contributed by atoms with Crippen molar-refractivity contribution in [1.82, 2.24) is 19.5 Å². The van der Waals surface area contributed by atoms with Gasteiger partial charge in [-0.3, -0.25) is 4.57 Å². The van der Waals surface area contributed by atoms with Crippen LogP contribution in [0, 0.1) is 11.8 Å². The Balaban J connectivity index is 1.41. The Morgan fingerprint density at radius 3 is 2.05 bits per heavy atom. The molecule has 5 N–H and O–H groups in total. The zero-order valence-corrected chi connectivity index (χ0v) is 22.3. The Hall–Kier alpha value is -2.25. The molecule has 3 heterocycles. The molecule has 0 amide bonds. The second-order valence-corrected chi connectivity index (χ2v) is 10.1. The lowest BCUT2D eigenvalue weighted by molar-refractivity contribution is -0.0514. The first kappa shape index (κ1) is 29.3. The number of rotatable bonds is 16. The number of unbranched alkanes of at least 4 members (excludes halogenated alkanes) is 14. The van der Waals surface area contributed by atoms with Crippen LogP contribution < -0.4 is 5.73 Å². The molecule has 1 saturated heterocycles. The average molecular weight is 516 g/mol. The third kappa shape index (κ3) is 8.37. The third-order valence-corrected chi connectivity index (χ3v) is 7.13. The largest absolute Gasteiger partial charge is 0.394 e. The van der Waals surface area contributed by atoms with Gasteiger partial charge in [-0.15, -0.1) is 0 Å². The number of nitrogen functional groups attached to an aromatic ring is 1. The number of hydrogen-bond donors (Lipinski definition) is 4. The van der Waals surface area contributed by atoms with Gasteiger partial charge in [0.05, 0.1) is 6.61 Å². The molecule has 1 aliphatic rings. The summed E-state index contributed by atoms with van der Waals surface area (Å²) >= 11 is 0. The van der Waals surface area contributed by atoms with Crippen LogP contribution in [0.1, 0.15) is 115 Å². The van der Waals surface area contributed by atoms with E-state index in [1.54, 1.807) is 0 Å². The van der Waals surface area contributed by atoms with Crippen LogP contribution in [0.5, 0.6) is 0 Å². The van der Waals surface area contributed by atoms with Crippen molar-refractivity contribution in [2.24, 2.45) is 0 Å². The summed E-state index contributed by atoms with van der Waals surface area (Å²) in [6.45, 7) is 1.85. The van der Waals surface area contributed by atoms with Gasteiger partial charge in [0.25, 0.3) is 0 Å². The van der Waals surface area contributed by atoms with Gasteiger partial charge in [0, 0.05) is 6.42 Å². The topological polar surface area (TPSA) is 140 Å². The van der Waals surface area contributed by atoms with E-state index in [1.807, 2.05) is 0 Å². The van der Waals surface area contributed by atoms with Gasteiger partial charge in [-0.05, 0) is 12.3 Å². The number of imidazole rings is 1. The molecule has 0 radical (unpaired) electrons. The van der Waals surface area contributed by atoms with E-state index < -0.39 is 31.1 Å². The van der Waals surface area contributed by atoms with Gasteiger partial charge < -0.3 is 25.8 Å². The molecular weight excluding hydrogens is 470 g/mol. The molecule has 0 saturated carbocycles. The average Bonchev–Trinajstić information content (AvgIpc) is 3.41. The van der Waals surface area contributed by atoms with Crippen LogP contribution in [-0.4, -0.2) is 59.8 Å². The Kier molecular flexibility index (Phi) is 12.6. The van der Waals surface area contributed by atoms with Gasteiger partial charge in [0.2, 0.25) is 0 Å². The summed E-state index contributed by atoms with van der Waals surface area (Å²) in [5, 5.41) is 30.2. The molecule has 9 heteroatoms. The first-order valence-corrected chi connectivity index (χ1v) is 14.2. The molecule has 0 unspecified atom stereocenters. The van der Waals surface area contributed by atoms with Crippen molar-refractivity contribution >= 4 is 17.0 Å². The van der Waals surface area contributed by atoms with E-state index >= 15 is 0 Å². The zero-order chi connectivity index (χ0) is 26.5. The van der Waals surface area contributed by atoms with Crippen LogP contribution in [-0.2, 0) is 4.74 Å². The van der Waals surface area contributed by atoms with Crippen molar-refractivity contribution in [3.8, 4) is 11.8 Å². The molecule has 1 aliphatic heterocycles. The minimum absolute atomic E-state index is 0.200. The van der Waals surface area contributed by atoms with Gasteiger partial charge in [-0.1, -0.05) is 96.3 Å². The second-order valence-electron chi connectivity index (χ2n) is 10.1. The lowest BCUT2D eigenvalue weighted by atomic mass is 10.0. The highest BCUT2D eigenvalue weighted by molar-refractivity contribution is 5.82. The lowest BCUT2D eigenvalue weighted by Crippen LogP contribution is -2.33. The molecule has 1 fully saturated rings. The van der Waals surface area contributed by atoms with Crippen LogP contribution in [0.2, 0.25) is 0 Å². The van der Waals surface area contributed by atoms with E-state index in [0.29, 0.717) is 17.0 Å². The molecule has 0 aliphatic carbocycles. The quantitative estimate of drug-likeness (QED) is 0.192. The predicted molar refractivity (Wildman–Crippen MR) is 145 cm³/mol. The lowest BCUT2D eigenvalue weighted by Gasteiger charge is -2.17. The molecule has 206 valence electrons. The van der Waals surface area contributed by atoms with Crippen molar-refractivity contribution < 1.29 is 20.1 Å². The number of aliphatic hydroxyl groups is 3. The molecule has 2 aromatic heterocycles. The third-order valence-electron chi connectivity index (χ3n) is 7.13. The smallest absolute Gasteiger partial charge is 0.189 e. The number of nitrogens with zero attached hydrogens (tertiary/aromatic N) is 4. The highest BCUT2D eigenvalue weighted by atomic mass is 16.6. The van der Waals surface area contributed by atoms with Crippen LogP contribution in [0.3, 0.4) is 0 Å². The minimum Gasteiger partial charge on any atom is -0.394 e. The molecule has 3 rings (SSSR count). The number of aliphatic hydroxyl groups excluding tert-OH is 3. The van der Waals surface area contributed by atoms with E-state index in [9.17, 15) is 15.3 Å². The molecule has 0 aromatic carbocycles. The zero-order valence-electron chi connectivity index (χ0n) is 22.3. The summed E-state index contributed by atoms with van der Waals surface area (Å²) in [6.07, 6.45) is 16.0. The van der Waals surface area contributed by atoms with Crippen molar-refractivity contribution in [2.75, 3.05) is 12.3 Å². The Bertz CT molecular complexity index is 1000. The number of aromatic nitrogens is 4. The standard InChI is InChI=1S/C28H45N5O4/c1-2-3-4-5-6-7-8-9-10-11-12-13-14-15-16-17-18-22-32-23-26(29)30-20-31-27(23)33(22)28-25(36)24(35)21(19-34)37-28/h20-21,24-25,28,34-36H,2-16,19H2,1H3,(H2,29,30,31)/t21-,24-,25-,28-/m1/s1. The van der Waals surface area contributed by atoms with Gasteiger partial charge in [0.15, 0.2) is 29.0 Å². The van der Waals surface area contributed by atoms with Crippen LogP contribution >= 0.6 is 0 Å². The van der Waals surface area contributed by atoms with E-state index in [2.05, 4.69) is 33.7 Å². The van der Waals surface area contributed by atoms with Crippen LogP contribution in [0.25, 0.3) is 11.2 Å². The Morgan fingerprint density at radius 1 is 0.892 bits per heavy atom. The molecule has 4 atom stereocenters. The summed E-state index contributed by atoms with van der Waals surface area (Å²) in [4.78, 5) is 12.7. The normalized spacial score (nSPS) is 21.4. The summed E-state index contributed by atoms with van der Waals surface area (Å²) in [5.41, 5.74) is 6.70. The maximum absolute atomic E-state index is 10.5. The number of ether oxygens (including phenoxy) is 1. The molecule has 0 bridgehead atoms. The van der Waals surface area contributed by atoms with Gasteiger partial charge >= 0.3 is 0 Å². The maximum atomic E-state index is 10.5. The summed E-state index contributed by atoms with van der Waals surface area (Å²) in [5.74, 6) is 6.77. The fourth-order valence-electron chi connectivity index (χ4n) is 4.90. The first-order chi connectivity index (χ1) is 18.1. The van der Waals surface area contributed by atoms with E-state index in [-0.39, 0.29) is 5.82 Å². The number of fused-ring (bicyclic) bond motifs is 1. The van der Waals surface area contributed by atoms with E-state index in [4.69, 9.17) is 10.5 Å². The number of nitrogens with two attached hydrogens (primary N) is 1. The van der Waals surface area contributed by atoms with Crippen LogP contribution in [0.15, 0.2) is 6.33 Å². The van der Waals surface area contributed by atoms with Crippen molar-refractivity contribution in [3.05, 3.63) is 12.2 Å². The highest BCUT2D eigenvalue weighted by Crippen LogP contribution is 2.33. The van der Waals surface area contributed by atoms with Gasteiger partial charge in [0.1, 0.15) is 24.6 Å². The fourth-order valence-corrected chi connectivity index (χ4v) is 4.90. The number of anilines is 1. The Morgan fingerprint density at radius 2 is 1.49 bits per heavy atom. The van der Waals surface area contributed by atoms with E-state index in [0.717, 1.165) is 19.3 Å². The monoisotopic (exact) mass is 515 g/mol. The number of hydrogen-bond acceptors (Lipinski definition) is 8. The van der Waals surface area contributed by atoms with Crippen molar-refractivity contribution in [2.45, 2.75) is 128 Å². The maximum Gasteiger partial charge on any atom is 0.189 e. The van der Waals surface area contributed by atoms with Crippen molar-refractivity contribution in [3.63, 3.8) is 0 Å².